The zero-order valence-electron chi connectivity index (χ0n) is 11.3. The van der Waals surface area contributed by atoms with E-state index in [4.69, 9.17) is 18.0 Å². The lowest BCUT2D eigenvalue weighted by Gasteiger charge is -2.11. The standard InChI is InChI=1S/C15H8Cl2F2N2O2/c1-2-9-7-10(8-20-13(9)16)14(22)21-11-3-5-12(6-4-11)23-15(17,18)19/h1,3-8H,(H,21,22). The van der Waals surface area contributed by atoms with Gasteiger partial charge < -0.3 is 10.1 Å². The number of nitrogens with zero attached hydrogens (tertiary/aromatic N) is 1. The van der Waals surface area contributed by atoms with Gasteiger partial charge in [-0.05, 0) is 30.3 Å². The molecule has 2 rings (SSSR count). The van der Waals surface area contributed by atoms with E-state index in [0.29, 0.717) is 5.69 Å². The van der Waals surface area contributed by atoms with Gasteiger partial charge in [0, 0.05) is 23.5 Å². The monoisotopic (exact) mass is 356 g/mol. The van der Waals surface area contributed by atoms with Crippen LogP contribution in [0, 0.1) is 12.3 Å². The molecule has 1 amide bonds. The molecule has 1 aromatic carbocycles. The summed E-state index contributed by atoms with van der Waals surface area (Å²) in [5, 5.41) is 2.67. The number of pyridine rings is 1. The fourth-order valence-corrected chi connectivity index (χ4v) is 1.86. The van der Waals surface area contributed by atoms with E-state index < -0.39 is 11.5 Å². The number of benzene rings is 1. The van der Waals surface area contributed by atoms with Crippen LogP contribution < -0.4 is 10.1 Å². The Morgan fingerprint density at radius 3 is 2.57 bits per heavy atom. The maximum Gasteiger partial charge on any atom is 0.487 e. The van der Waals surface area contributed by atoms with Crippen molar-refractivity contribution in [3.63, 3.8) is 0 Å². The number of aromatic nitrogens is 1. The summed E-state index contributed by atoms with van der Waals surface area (Å²) in [5.41, 5.74) is -2.95. The number of hydrogen-bond acceptors (Lipinski definition) is 3. The van der Waals surface area contributed by atoms with Crippen LogP contribution in [0.1, 0.15) is 15.9 Å². The Bertz CT molecular complexity index is 769. The number of amides is 1. The highest BCUT2D eigenvalue weighted by atomic mass is 35.5. The summed E-state index contributed by atoms with van der Waals surface area (Å²) < 4.78 is 29.1. The molecule has 0 spiro atoms. The third-order valence-corrected chi connectivity index (χ3v) is 2.98. The van der Waals surface area contributed by atoms with E-state index in [0.717, 1.165) is 0 Å². The van der Waals surface area contributed by atoms with E-state index in [1.54, 1.807) is 0 Å². The number of carbonyl (C=O) groups is 1. The predicted octanol–water partition coefficient (Wildman–Crippen LogP) is 4.14. The van der Waals surface area contributed by atoms with Crippen molar-refractivity contribution in [2.45, 2.75) is 5.57 Å². The fourth-order valence-electron chi connectivity index (χ4n) is 1.62. The first-order chi connectivity index (χ1) is 10.8. The van der Waals surface area contributed by atoms with Crippen LogP contribution in [-0.2, 0) is 0 Å². The Kier molecular flexibility index (Phi) is 5.04. The molecule has 118 valence electrons. The van der Waals surface area contributed by atoms with Gasteiger partial charge in [-0.1, -0.05) is 17.5 Å². The summed E-state index contributed by atoms with van der Waals surface area (Å²) in [4.78, 5) is 15.9. The molecule has 0 fully saturated rings. The van der Waals surface area contributed by atoms with Gasteiger partial charge in [-0.2, -0.15) is 0 Å². The highest BCUT2D eigenvalue weighted by Crippen LogP contribution is 2.26. The van der Waals surface area contributed by atoms with E-state index in [1.165, 1.54) is 36.5 Å². The van der Waals surface area contributed by atoms with E-state index in [2.05, 4.69) is 32.6 Å². The summed E-state index contributed by atoms with van der Waals surface area (Å²) in [5.74, 6) is 1.68. The number of anilines is 1. The molecular formula is C15H8Cl2F2N2O2. The second-order valence-corrected chi connectivity index (χ2v) is 5.03. The Morgan fingerprint density at radius 1 is 1.35 bits per heavy atom. The van der Waals surface area contributed by atoms with Crippen molar-refractivity contribution in [1.29, 1.82) is 0 Å². The molecule has 0 unspecified atom stereocenters. The van der Waals surface area contributed by atoms with Crippen LogP contribution in [0.5, 0.6) is 5.75 Å². The van der Waals surface area contributed by atoms with Gasteiger partial charge >= 0.3 is 5.57 Å². The summed E-state index contributed by atoms with van der Waals surface area (Å²) in [7, 11) is 0. The SMILES string of the molecule is C#Cc1cc(C(=O)Nc2ccc(OC(F)(F)Cl)cc2)cnc1Cl. The van der Waals surface area contributed by atoms with Gasteiger partial charge in [-0.3, -0.25) is 4.79 Å². The Morgan fingerprint density at radius 2 is 2.00 bits per heavy atom. The largest absolute Gasteiger partial charge is 0.487 e. The van der Waals surface area contributed by atoms with Gasteiger partial charge in [-0.25, -0.2) is 4.98 Å². The molecule has 8 heteroatoms. The van der Waals surface area contributed by atoms with Crippen LogP contribution in [-0.4, -0.2) is 16.5 Å². The van der Waals surface area contributed by atoms with Gasteiger partial charge in [0.15, 0.2) is 0 Å². The zero-order valence-corrected chi connectivity index (χ0v) is 12.8. The molecule has 1 heterocycles. The second kappa shape index (κ2) is 6.82. The van der Waals surface area contributed by atoms with E-state index in [1.807, 2.05) is 0 Å². The highest BCUT2D eigenvalue weighted by molar-refractivity contribution is 6.30. The van der Waals surface area contributed by atoms with Gasteiger partial charge in [0.05, 0.1) is 11.1 Å². The van der Waals surface area contributed by atoms with Crippen LogP contribution >= 0.6 is 23.2 Å². The number of alkyl halides is 3. The molecule has 0 bridgehead atoms. The minimum absolute atomic E-state index is 0.118. The molecule has 0 aliphatic carbocycles. The van der Waals surface area contributed by atoms with Crippen LogP contribution in [0.3, 0.4) is 0 Å². The number of terminal acetylenes is 1. The molecule has 1 aromatic heterocycles. The highest BCUT2D eigenvalue weighted by Gasteiger charge is 2.27. The second-order valence-electron chi connectivity index (χ2n) is 4.23. The molecule has 0 radical (unpaired) electrons. The molecule has 0 saturated carbocycles. The molecule has 0 atom stereocenters. The fraction of sp³-hybridized carbons (Fsp3) is 0.0667. The van der Waals surface area contributed by atoms with Crippen LogP contribution in [0.4, 0.5) is 14.5 Å². The van der Waals surface area contributed by atoms with Crippen molar-refractivity contribution >= 4 is 34.8 Å². The van der Waals surface area contributed by atoms with Crippen LogP contribution in [0.25, 0.3) is 0 Å². The number of rotatable bonds is 4. The Balaban J connectivity index is 2.10. The predicted molar refractivity (Wildman–Crippen MR) is 83.0 cm³/mol. The molecule has 0 saturated heterocycles. The van der Waals surface area contributed by atoms with Crippen molar-refractivity contribution in [2.75, 3.05) is 5.32 Å². The minimum atomic E-state index is -3.80. The molecule has 0 aliphatic rings. The number of hydrogen-bond donors (Lipinski definition) is 1. The lowest BCUT2D eigenvalue weighted by molar-refractivity contribution is -0.0964. The van der Waals surface area contributed by atoms with Crippen molar-refractivity contribution < 1.29 is 18.3 Å². The molecule has 2 aromatic rings. The zero-order chi connectivity index (χ0) is 17.0. The lowest BCUT2D eigenvalue weighted by atomic mass is 10.2. The molecule has 0 aliphatic heterocycles. The maximum atomic E-state index is 12.5. The minimum Gasteiger partial charge on any atom is -0.420 e. The van der Waals surface area contributed by atoms with E-state index >= 15 is 0 Å². The first kappa shape index (κ1) is 17.0. The van der Waals surface area contributed by atoms with Crippen LogP contribution in [0.15, 0.2) is 36.5 Å². The average molecular weight is 357 g/mol. The first-order valence-electron chi connectivity index (χ1n) is 6.08. The third kappa shape index (κ3) is 4.81. The van der Waals surface area contributed by atoms with Gasteiger partial charge in [-0.15, -0.1) is 15.2 Å². The van der Waals surface area contributed by atoms with Crippen LogP contribution in [0.2, 0.25) is 5.15 Å². The summed E-state index contributed by atoms with van der Waals surface area (Å²) in [6.45, 7) is 0. The van der Waals surface area contributed by atoms with Crippen molar-refractivity contribution in [2.24, 2.45) is 0 Å². The topological polar surface area (TPSA) is 51.2 Å². The molecular weight excluding hydrogens is 349 g/mol. The molecule has 23 heavy (non-hydrogen) atoms. The normalized spacial score (nSPS) is 10.7. The summed E-state index contributed by atoms with van der Waals surface area (Å²) >= 11 is 10.4. The first-order valence-corrected chi connectivity index (χ1v) is 6.83. The lowest BCUT2D eigenvalue weighted by Crippen LogP contribution is -2.16. The van der Waals surface area contributed by atoms with Gasteiger partial charge in [0.1, 0.15) is 10.9 Å². The number of carbonyl (C=O) groups excluding carboxylic acids is 1. The Labute approximate surface area is 140 Å². The smallest absolute Gasteiger partial charge is 0.420 e. The third-order valence-electron chi connectivity index (χ3n) is 2.60. The summed E-state index contributed by atoms with van der Waals surface area (Å²) in [6.07, 6.45) is 6.52. The number of halogens is 4. The average Bonchev–Trinajstić information content (AvgIpc) is 2.48. The molecule has 4 nitrogen and oxygen atoms in total. The Hall–Kier alpha value is -2.36. The van der Waals surface area contributed by atoms with Gasteiger partial charge in [0.2, 0.25) is 0 Å². The molecule has 1 N–H and O–H groups in total. The van der Waals surface area contributed by atoms with Crippen molar-refractivity contribution in [1.82, 2.24) is 4.98 Å². The quantitative estimate of drug-likeness (QED) is 0.508. The van der Waals surface area contributed by atoms with E-state index in [-0.39, 0.29) is 22.0 Å². The van der Waals surface area contributed by atoms with Crippen molar-refractivity contribution in [3.8, 4) is 18.1 Å². The van der Waals surface area contributed by atoms with E-state index in [9.17, 15) is 13.6 Å². The number of nitrogens with one attached hydrogen (secondary N) is 1. The summed E-state index contributed by atoms with van der Waals surface area (Å²) in [6, 6.07) is 6.64. The van der Waals surface area contributed by atoms with Gasteiger partial charge in [0.25, 0.3) is 5.91 Å². The number of ether oxygens (including phenoxy) is 1. The maximum absolute atomic E-state index is 12.5. The van der Waals surface area contributed by atoms with Crippen molar-refractivity contribution in [3.05, 3.63) is 52.8 Å².